The van der Waals surface area contributed by atoms with E-state index in [0.717, 1.165) is 71.1 Å². The van der Waals surface area contributed by atoms with Gasteiger partial charge in [-0.25, -0.2) is 0 Å². The maximum Gasteiger partial charge on any atom is 0.127 e. The van der Waals surface area contributed by atoms with Crippen LogP contribution in [0.5, 0.6) is 11.5 Å². The Morgan fingerprint density at radius 2 is 1.32 bits per heavy atom. The number of benzene rings is 4. The third kappa shape index (κ3) is 12.4. The van der Waals surface area contributed by atoms with Crippen LogP contribution in [0, 0.1) is 24.2 Å². The number of hydrogen-bond donors (Lipinski definition) is 1. The average molecular weight is 714 g/mol. The van der Waals surface area contributed by atoms with Gasteiger partial charge < -0.3 is 14.7 Å². The van der Waals surface area contributed by atoms with Crippen LogP contribution in [0.2, 0.25) is 0 Å². The van der Waals surface area contributed by atoms with Crippen molar-refractivity contribution in [2.24, 2.45) is 17.3 Å². The van der Waals surface area contributed by atoms with Crippen LogP contribution in [-0.2, 0) is 5.41 Å². The highest BCUT2D eigenvalue weighted by molar-refractivity contribution is 5.79. The van der Waals surface area contributed by atoms with Gasteiger partial charge >= 0.3 is 0 Å². The fraction of sp³-hybridized carbons (Fsp3) is 0.440. The van der Waals surface area contributed by atoms with Crippen LogP contribution in [0.1, 0.15) is 135 Å². The minimum atomic E-state index is 0.0712. The number of rotatable bonds is 19. The van der Waals surface area contributed by atoms with Crippen molar-refractivity contribution in [2.45, 2.75) is 120 Å². The first-order chi connectivity index (χ1) is 25.2. The first kappa shape index (κ1) is 41.5. The van der Waals surface area contributed by atoms with Crippen molar-refractivity contribution in [3.63, 3.8) is 0 Å². The molecule has 0 aromatic heterocycles. The SMILES string of the molecule is CCCC(C)(C)C=Cc1cc(O)c(C=Cc2ccc(N(c3ccc(C)cc3)c3ccc(C(C)(C)CC)cc3)cc2)cc1OCCC(C)CCCC(C)C. The van der Waals surface area contributed by atoms with E-state index in [9.17, 15) is 5.11 Å². The molecule has 0 aliphatic rings. The molecule has 0 amide bonds. The third-order valence-corrected chi connectivity index (χ3v) is 10.8. The summed E-state index contributed by atoms with van der Waals surface area (Å²) in [7, 11) is 0. The highest BCUT2D eigenvalue weighted by Gasteiger charge is 2.19. The van der Waals surface area contributed by atoms with E-state index in [2.05, 4.69) is 165 Å². The monoisotopic (exact) mass is 714 g/mol. The van der Waals surface area contributed by atoms with Gasteiger partial charge in [-0.1, -0.05) is 154 Å². The summed E-state index contributed by atoms with van der Waals surface area (Å²) >= 11 is 0. The topological polar surface area (TPSA) is 32.7 Å². The molecule has 0 saturated heterocycles. The molecule has 0 fully saturated rings. The fourth-order valence-electron chi connectivity index (χ4n) is 6.75. The standard InChI is InChI=1S/C50H67NO2/c1-11-32-49(7,8)33-30-42-35-47(52)41(36-48(42)53-34-31-38(5)15-13-14-37(3)4)21-18-40-19-26-45(27-20-40)51(44-24-16-39(6)17-25-44)46-28-22-43(23-29-46)50(9,10)12-2/h16-30,33,35-38,52H,11-15,31-32,34H2,1-10H3. The first-order valence-corrected chi connectivity index (χ1v) is 20.2. The Morgan fingerprint density at radius 1 is 0.717 bits per heavy atom. The van der Waals surface area contributed by atoms with Gasteiger partial charge in [0, 0.05) is 28.2 Å². The van der Waals surface area contributed by atoms with E-state index < -0.39 is 0 Å². The number of allylic oxidation sites excluding steroid dienone is 1. The molecule has 1 unspecified atom stereocenters. The van der Waals surface area contributed by atoms with Crippen molar-refractivity contribution in [3.05, 3.63) is 119 Å². The molecule has 0 saturated carbocycles. The van der Waals surface area contributed by atoms with Crippen LogP contribution in [0.25, 0.3) is 18.2 Å². The van der Waals surface area contributed by atoms with E-state index in [0.29, 0.717) is 12.5 Å². The fourth-order valence-corrected chi connectivity index (χ4v) is 6.75. The highest BCUT2D eigenvalue weighted by Crippen LogP contribution is 2.37. The van der Waals surface area contributed by atoms with E-state index >= 15 is 0 Å². The van der Waals surface area contributed by atoms with Gasteiger partial charge in [0.2, 0.25) is 0 Å². The van der Waals surface area contributed by atoms with Crippen molar-refractivity contribution in [1.82, 2.24) is 0 Å². The second kappa shape index (κ2) is 19.2. The van der Waals surface area contributed by atoms with Crippen molar-refractivity contribution >= 4 is 35.3 Å². The zero-order chi connectivity index (χ0) is 38.6. The second-order valence-electron chi connectivity index (χ2n) is 17.0. The number of aromatic hydroxyl groups is 1. The number of phenolic OH excluding ortho intramolecular Hbond substituents is 1. The summed E-state index contributed by atoms with van der Waals surface area (Å²) in [5.41, 5.74) is 8.85. The molecule has 4 aromatic carbocycles. The van der Waals surface area contributed by atoms with E-state index in [1.807, 2.05) is 18.2 Å². The van der Waals surface area contributed by atoms with Crippen LogP contribution in [0.4, 0.5) is 17.1 Å². The van der Waals surface area contributed by atoms with E-state index in [1.165, 1.54) is 30.4 Å². The zero-order valence-electron chi connectivity index (χ0n) is 34.5. The van der Waals surface area contributed by atoms with Gasteiger partial charge in [-0.3, -0.25) is 0 Å². The Morgan fingerprint density at radius 3 is 1.91 bits per heavy atom. The van der Waals surface area contributed by atoms with Crippen molar-refractivity contribution < 1.29 is 9.84 Å². The normalized spacial score (nSPS) is 13.0. The van der Waals surface area contributed by atoms with Gasteiger partial charge in [0.15, 0.2) is 0 Å². The molecule has 4 aromatic rings. The molecule has 3 nitrogen and oxygen atoms in total. The third-order valence-electron chi connectivity index (χ3n) is 10.8. The van der Waals surface area contributed by atoms with Gasteiger partial charge in [-0.05, 0) is 109 Å². The maximum atomic E-state index is 11.2. The summed E-state index contributed by atoms with van der Waals surface area (Å²) in [5, 5.41) is 11.2. The number of nitrogens with zero attached hydrogens (tertiary/aromatic N) is 1. The van der Waals surface area contributed by atoms with Gasteiger partial charge in [-0.15, -0.1) is 0 Å². The molecular weight excluding hydrogens is 647 g/mol. The van der Waals surface area contributed by atoms with E-state index in [1.54, 1.807) is 0 Å². The molecule has 1 N–H and O–H groups in total. The Kier molecular flexibility index (Phi) is 15.0. The molecule has 0 aliphatic carbocycles. The summed E-state index contributed by atoms with van der Waals surface area (Å²) in [6.45, 7) is 23.3. The number of anilines is 3. The number of hydrogen-bond acceptors (Lipinski definition) is 3. The molecule has 0 spiro atoms. The quantitative estimate of drug-likeness (QED) is 0.0982. The number of aryl methyl sites for hydroxylation is 1. The second-order valence-corrected chi connectivity index (χ2v) is 17.0. The summed E-state index contributed by atoms with van der Waals surface area (Å²) < 4.78 is 6.47. The molecule has 0 radical (unpaired) electrons. The lowest BCUT2D eigenvalue weighted by atomic mass is 9.82. The lowest BCUT2D eigenvalue weighted by Gasteiger charge is -2.28. The van der Waals surface area contributed by atoms with E-state index in [-0.39, 0.29) is 16.6 Å². The summed E-state index contributed by atoms with van der Waals surface area (Å²) in [6, 6.07) is 30.2. The minimum Gasteiger partial charge on any atom is -0.507 e. The van der Waals surface area contributed by atoms with Crippen LogP contribution < -0.4 is 9.64 Å². The predicted octanol–water partition coefficient (Wildman–Crippen LogP) is 15.1. The van der Waals surface area contributed by atoms with Crippen LogP contribution in [0.15, 0.2) is 91.0 Å². The van der Waals surface area contributed by atoms with Crippen molar-refractivity contribution in [2.75, 3.05) is 11.5 Å². The van der Waals surface area contributed by atoms with Gasteiger partial charge in [0.1, 0.15) is 11.5 Å². The summed E-state index contributed by atoms with van der Waals surface area (Å²) in [4.78, 5) is 2.31. The molecule has 4 rings (SSSR count). The average Bonchev–Trinajstić information content (AvgIpc) is 3.12. The van der Waals surface area contributed by atoms with Crippen LogP contribution >= 0.6 is 0 Å². The Labute approximate surface area is 322 Å². The molecular formula is C50H67NO2. The molecule has 3 heteroatoms. The predicted molar refractivity (Wildman–Crippen MR) is 232 cm³/mol. The largest absolute Gasteiger partial charge is 0.507 e. The van der Waals surface area contributed by atoms with Gasteiger partial charge in [0.25, 0.3) is 0 Å². The molecule has 0 bridgehead atoms. The lowest BCUT2D eigenvalue weighted by Crippen LogP contribution is -2.16. The Balaban J connectivity index is 1.59. The molecule has 53 heavy (non-hydrogen) atoms. The smallest absolute Gasteiger partial charge is 0.127 e. The zero-order valence-corrected chi connectivity index (χ0v) is 34.5. The maximum absolute atomic E-state index is 11.2. The van der Waals surface area contributed by atoms with Crippen molar-refractivity contribution in [3.8, 4) is 11.5 Å². The number of ether oxygens (including phenoxy) is 1. The Bertz CT molecular complexity index is 1760. The van der Waals surface area contributed by atoms with Gasteiger partial charge in [0.05, 0.1) is 6.61 Å². The van der Waals surface area contributed by atoms with Crippen LogP contribution in [0.3, 0.4) is 0 Å². The number of phenols is 1. The molecule has 0 aliphatic heterocycles. The van der Waals surface area contributed by atoms with Crippen LogP contribution in [-0.4, -0.2) is 11.7 Å². The summed E-state index contributed by atoms with van der Waals surface area (Å²) in [5.74, 6) is 2.43. The summed E-state index contributed by atoms with van der Waals surface area (Å²) in [6.07, 6.45) is 16.5. The molecule has 284 valence electrons. The first-order valence-electron chi connectivity index (χ1n) is 20.2. The molecule has 1 atom stereocenters. The van der Waals surface area contributed by atoms with Gasteiger partial charge in [-0.2, -0.15) is 0 Å². The Hall–Kier alpha value is -4.24. The molecule has 0 heterocycles. The highest BCUT2D eigenvalue weighted by atomic mass is 16.5. The van der Waals surface area contributed by atoms with Crippen molar-refractivity contribution in [1.29, 1.82) is 0 Å². The van der Waals surface area contributed by atoms with E-state index in [4.69, 9.17) is 4.74 Å². The lowest BCUT2D eigenvalue weighted by molar-refractivity contribution is 0.275. The minimum absolute atomic E-state index is 0.0712.